The molecule has 2 aliphatic rings. The van der Waals surface area contributed by atoms with Gasteiger partial charge in [0.25, 0.3) is 10.1 Å². The molecule has 3 nitrogen and oxygen atoms in total. The van der Waals surface area contributed by atoms with Crippen LogP contribution in [0.2, 0.25) is 0 Å². The molecule has 0 aromatic rings. The zero-order chi connectivity index (χ0) is 8.93. The van der Waals surface area contributed by atoms with Gasteiger partial charge in [0, 0.05) is 5.92 Å². The van der Waals surface area contributed by atoms with Gasteiger partial charge >= 0.3 is 0 Å². The first-order valence-corrected chi connectivity index (χ1v) is 5.90. The summed E-state index contributed by atoms with van der Waals surface area (Å²) in [5.74, 6) is 0.797. The van der Waals surface area contributed by atoms with Crippen LogP contribution in [0.25, 0.3) is 0 Å². The third-order valence-electron chi connectivity index (χ3n) is 3.05. The van der Waals surface area contributed by atoms with Gasteiger partial charge in [-0.1, -0.05) is 6.92 Å². The summed E-state index contributed by atoms with van der Waals surface area (Å²) in [7, 11) is -3.21. The van der Waals surface area contributed by atoms with Gasteiger partial charge in [0.1, 0.15) is 0 Å². The van der Waals surface area contributed by atoms with Crippen molar-refractivity contribution in [1.29, 1.82) is 0 Å². The van der Waals surface area contributed by atoms with Crippen LogP contribution < -0.4 is 0 Å². The summed E-state index contributed by atoms with van der Waals surface area (Å²) >= 11 is 0. The third-order valence-corrected chi connectivity index (χ3v) is 4.90. The molecule has 0 aromatic heterocycles. The molecule has 0 N–H and O–H groups in total. The summed E-state index contributed by atoms with van der Waals surface area (Å²) in [4.78, 5) is 0. The second-order valence-corrected chi connectivity index (χ2v) is 5.86. The minimum atomic E-state index is -3.21. The Hall–Kier alpha value is -0.0900. The molecule has 2 rings (SSSR count). The van der Waals surface area contributed by atoms with Crippen molar-refractivity contribution in [1.82, 2.24) is 0 Å². The van der Waals surface area contributed by atoms with Gasteiger partial charge in [-0.2, -0.15) is 8.42 Å². The highest BCUT2D eigenvalue weighted by atomic mass is 32.2. The number of rotatable bonds is 0. The third kappa shape index (κ3) is 1.09. The Balaban J connectivity index is 2.31. The van der Waals surface area contributed by atoms with Crippen LogP contribution >= 0.6 is 0 Å². The average Bonchev–Trinajstić information content (AvgIpc) is 2.37. The van der Waals surface area contributed by atoms with E-state index in [2.05, 4.69) is 6.92 Å². The van der Waals surface area contributed by atoms with E-state index in [1.165, 1.54) is 0 Å². The van der Waals surface area contributed by atoms with Gasteiger partial charge in [0.05, 0.1) is 11.4 Å². The van der Waals surface area contributed by atoms with Gasteiger partial charge in [-0.15, -0.1) is 0 Å². The first kappa shape index (κ1) is 8.51. The SMILES string of the molecule is CC1CC2C(C)OS(=O)(=O)C2C1. The predicted octanol–water partition coefficient (Wildman–Crippen LogP) is 1.15. The molecule has 0 radical (unpaired) electrons. The van der Waals surface area contributed by atoms with E-state index in [1.54, 1.807) is 0 Å². The van der Waals surface area contributed by atoms with Crippen LogP contribution in [0.3, 0.4) is 0 Å². The maximum atomic E-state index is 11.4. The fraction of sp³-hybridized carbons (Fsp3) is 1.00. The van der Waals surface area contributed by atoms with E-state index in [4.69, 9.17) is 4.18 Å². The molecular weight excluding hydrogens is 176 g/mol. The quantitative estimate of drug-likeness (QED) is 0.538. The van der Waals surface area contributed by atoms with Gasteiger partial charge < -0.3 is 0 Å². The molecule has 12 heavy (non-hydrogen) atoms. The lowest BCUT2D eigenvalue weighted by Crippen LogP contribution is -2.17. The Morgan fingerprint density at radius 2 is 1.92 bits per heavy atom. The minimum absolute atomic E-state index is 0.0926. The van der Waals surface area contributed by atoms with E-state index in [0.717, 1.165) is 12.8 Å². The van der Waals surface area contributed by atoms with Gasteiger partial charge in [0.2, 0.25) is 0 Å². The fourth-order valence-corrected chi connectivity index (χ4v) is 4.50. The standard InChI is InChI=1S/C8H14O3S/c1-5-3-7-6(2)11-12(9,10)8(7)4-5/h5-8H,3-4H2,1-2H3. The zero-order valence-electron chi connectivity index (χ0n) is 7.36. The largest absolute Gasteiger partial charge is 0.270 e. The molecule has 0 spiro atoms. The molecule has 70 valence electrons. The molecule has 4 atom stereocenters. The average molecular weight is 190 g/mol. The molecule has 1 heterocycles. The van der Waals surface area contributed by atoms with Crippen LogP contribution in [-0.4, -0.2) is 19.8 Å². The second-order valence-electron chi connectivity index (χ2n) is 4.07. The van der Waals surface area contributed by atoms with Gasteiger partial charge in [-0.25, -0.2) is 0 Å². The van der Waals surface area contributed by atoms with Crippen molar-refractivity contribution >= 4 is 10.1 Å². The van der Waals surface area contributed by atoms with Gasteiger partial charge in [-0.05, 0) is 25.7 Å². The molecule has 0 bridgehead atoms. The summed E-state index contributed by atoms with van der Waals surface area (Å²) in [6.07, 6.45) is 1.70. The summed E-state index contributed by atoms with van der Waals surface area (Å²) in [5, 5.41) is -0.206. The molecule has 1 aliphatic heterocycles. The van der Waals surface area contributed by atoms with Crippen molar-refractivity contribution in [3.63, 3.8) is 0 Å². The van der Waals surface area contributed by atoms with Crippen LogP contribution in [0.5, 0.6) is 0 Å². The number of hydrogen-bond donors (Lipinski definition) is 0. The van der Waals surface area contributed by atoms with Gasteiger partial charge in [0.15, 0.2) is 0 Å². The molecule has 1 saturated heterocycles. The summed E-state index contributed by atoms with van der Waals surface area (Å²) in [6.45, 7) is 3.97. The van der Waals surface area contributed by atoms with Crippen LogP contribution in [0, 0.1) is 11.8 Å². The van der Waals surface area contributed by atoms with Crippen molar-refractivity contribution in [3.05, 3.63) is 0 Å². The van der Waals surface area contributed by atoms with E-state index in [1.807, 2.05) is 6.92 Å². The first-order valence-electron chi connectivity index (χ1n) is 4.43. The summed E-state index contributed by atoms with van der Waals surface area (Å²) in [6, 6.07) is 0. The molecule has 1 saturated carbocycles. The van der Waals surface area contributed by atoms with Crippen molar-refractivity contribution < 1.29 is 12.6 Å². The Kier molecular flexibility index (Phi) is 1.74. The van der Waals surface area contributed by atoms with Crippen molar-refractivity contribution in [2.24, 2.45) is 11.8 Å². The van der Waals surface area contributed by atoms with Crippen LogP contribution in [0.15, 0.2) is 0 Å². The predicted molar refractivity (Wildman–Crippen MR) is 45.1 cm³/mol. The Bertz CT molecular complexity index is 283. The van der Waals surface area contributed by atoms with Crippen molar-refractivity contribution in [3.8, 4) is 0 Å². The van der Waals surface area contributed by atoms with Crippen LogP contribution in [-0.2, 0) is 14.3 Å². The molecular formula is C8H14O3S. The second kappa shape index (κ2) is 2.45. The van der Waals surface area contributed by atoms with E-state index >= 15 is 0 Å². The molecule has 1 aliphatic carbocycles. The molecule has 2 fully saturated rings. The lowest BCUT2D eigenvalue weighted by Gasteiger charge is -2.08. The zero-order valence-corrected chi connectivity index (χ0v) is 8.17. The van der Waals surface area contributed by atoms with E-state index in [0.29, 0.717) is 5.92 Å². The van der Waals surface area contributed by atoms with Crippen LogP contribution in [0.4, 0.5) is 0 Å². The Morgan fingerprint density at radius 3 is 2.50 bits per heavy atom. The molecule has 4 unspecified atom stereocenters. The van der Waals surface area contributed by atoms with Crippen molar-refractivity contribution in [2.45, 2.75) is 38.0 Å². The maximum Gasteiger partial charge on any atom is 0.270 e. The first-order chi connectivity index (χ1) is 5.50. The monoisotopic (exact) mass is 190 g/mol. The number of fused-ring (bicyclic) bond motifs is 1. The van der Waals surface area contributed by atoms with E-state index < -0.39 is 10.1 Å². The number of hydrogen-bond acceptors (Lipinski definition) is 3. The lowest BCUT2D eigenvalue weighted by atomic mass is 10.0. The highest BCUT2D eigenvalue weighted by Gasteiger charge is 2.50. The molecule has 0 aromatic carbocycles. The van der Waals surface area contributed by atoms with E-state index in [-0.39, 0.29) is 17.3 Å². The van der Waals surface area contributed by atoms with Crippen molar-refractivity contribution in [2.75, 3.05) is 0 Å². The minimum Gasteiger partial charge on any atom is -0.266 e. The Morgan fingerprint density at radius 1 is 1.25 bits per heavy atom. The van der Waals surface area contributed by atoms with Crippen LogP contribution in [0.1, 0.15) is 26.7 Å². The molecule has 4 heteroatoms. The summed E-state index contributed by atoms with van der Waals surface area (Å²) < 4.78 is 27.7. The fourth-order valence-electron chi connectivity index (χ4n) is 2.46. The maximum absolute atomic E-state index is 11.4. The highest BCUT2D eigenvalue weighted by molar-refractivity contribution is 7.87. The van der Waals surface area contributed by atoms with E-state index in [9.17, 15) is 8.42 Å². The Labute approximate surface area is 73.2 Å². The topological polar surface area (TPSA) is 43.4 Å². The highest BCUT2D eigenvalue weighted by Crippen LogP contribution is 2.44. The molecule has 0 amide bonds. The smallest absolute Gasteiger partial charge is 0.266 e. The summed E-state index contributed by atoms with van der Waals surface area (Å²) in [5.41, 5.74) is 0. The normalized spacial score (nSPS) is 50.8. The van der Waals surface area contributed by atoms with Gasteiger partial charge in [-0.3, -0.25) is 4.18 Å². The lowest BCUT2D eigenvalue weighted by molar-refractivity contribution is 0.201.